The van der Waals surface area contributed by atoms with E-state index in [9.17, 15) is 14.4 Å². The van der Waals surface area contributed by atoms with Crippen molar-refractivity contribution in [1.82, 2.24) is 18.7 Å². The number of ketones is 1. The van der Waals surface area contributed by atoms with Crippen LogP contribution in [0.3, 0.4) is 0 Å². The van der Waals surface area contributed by atoms with Crippen LogP contribution in [0.25, 0.3) is 11.2 Å². The van der Waals surface area contributed by atoms with Crippen molar-refractivity contribution in [2.45, 2.75) is 32.7 Å². The lowest BCUT2D eigenvalue weighted by molar-refractivity contribution is 0.0973. The molecule has 0 unspecified atom stereocenters. The summed E-state index contributed by atoms with van der Waals surface area (Å²) in [6.07, 6.45) is 2.47. The van der Waals surface area contributed by atoms with E-state index in [2.05, 4.69) is 18.8 Å². The van der Waals surface area contributed by atoms with Gasteiger partial charge in [0.05, 0.1) is 12.9 Å². The monoisotopic (exact) mass is 354 g/mol. The van der Waals surface area contributed by atoms with Crippen molar-refractivity contribution in [2.75, 3.05) is 0 Å². The van der Waals surface area contributed by atoms with Crippen LogP contribution in [-0.4, -0.2) is 24.5 Å². The molecular weight excluding hydrogens is 332 g/mol. The predicted octanol–water partition coefficient (Wildman–Crippen LogP) is 1.83. The van der Waals surface area contributed by atoms with Gasteiger partial charge in [-0.15, -0.1) is 0 Å². The second-order valence-electron chi connectivity index (χ2n) is 6.60. The number of nitrogens with zero attached hydrogens (tertiary/aromatic N) is 4. The van der Waals surface area contributed by atoms with Crippen LogP contribution in [-0.2, 0) is 20.6 Å². The van der Waals surface area contributed by atoms with Crippen molar-refractivity contribution in [3.63, 3.8) is 0 Å². The zero-order valence-corrected chi connectivity index (χ0v) is 15.4. The maximum absolute atomic E-state index is 12.6. The molecule has 2 heterocycles. The van der Waals surface area contributed by atoms with Crippen LogP contribution in [0.15, 0.2) is 40.2 Å². The molecule has 0 saturated heterocycles. The fourth-order valence-electron chi connectivity index (χ4n) is 3.00. The Morgan fingerprint density at radius 2 is 1.77 bits per heavy atom. The maximum Gasteiger partial charge on any atom is 0.332 e. The zero-order valence-electron chi connectivity index (χ0n) is 15.4. The molecule has 3 aromatic rings. The number of Topliss-reactive ketones (excluding diaryl/α,β-unsaturated/α-hetero) is 1. The van der Waals surface area contributed by atoms with Gasteiger partial charge < -0.3 is 4.57 Å². The van der Waals surface area contributed by atoms with Crippen molar-refractivity contribution in [3.8, 4) is 0 Å². The Kier molecular flexibility index (Phi) is 4.63. The molecule has 7 heteroatoms. The van der Waals surface area contributed by atoms with Gasteiger partial charge in [0, 0.05) is 19.7 Å². The minimum atomic E-state index is -0.458. The van der Waals surface area contributed by atoms with Gasteiger partial charge in [-0.05, 0) is 17.9 Å². The quantitative estimate of drug-likeness (QED) is 0.655. The first-order chi connectivity index (χ1) is 12.3. The zero-order chi connectivity index (χ0) is 19.0. The molecule has 26 heavy (non-hydrogen) atoms. The highest BCUT2D eigenvalue weighted by Crippen LogP contribution is 2.19. The number of hydrogen-bond donors (Lipinski definition) is 0. The molecule has 0 aliphatic heterocycles. The fourth-order valence-corrected chi connectivity index (χ4v) is 3.00. The summed E-state index contributed by atoms with van der Waals surface area (Å²) in [5, 5.41) is 0. The van der Waals surface area contributed by atoms with Crippen molar-refractivity contribution >= 4 is 16.9 Å². The van der Waals surface area contributed by atoms with Crippen LogP contribution in [0.1, 0.15) is 42.1 Å². The Morgan fingerprint density at radius 3 is 2.38 bits per heavy atom. The molecule has 0 spiro atoms. The molecule has 0 bridgehead atoms. The predicted molar refractivity (Wildman–Crippen MR) is 99.7 cm³/mol. The lowest BCUT2D eigenvalue weighted by Crippen LogP contribution is -2.37. The van der Waals surface area contributed by atoms with Crippen molar-refractivity contribution in [2.24, 2.45) is 14.1 Å². The number of aryl methyl sites for hydroxylation is 1. The normalized spacial score (nSPS) is 12.5. The summed E-state index contributed by atoms with van der Waals surface area (Å²) in [6.45, 7) is 4.27. The summed E-state index contributed by atoms with van der Waals surface area (Å²) >= 11 is 0. The van der Waals surface area contributed by atoms with Gasteiger partial charge >= 0.3 is 5.69 Å². The number of benzene rings is 1. The number of rotatable bonds is 5. The van der Waals surface area contributed by atoms with E-state index in [4.69, 9.17) is 0 Å². The Bertz CT molecular complexity index is 1090. The van der Waals surface area contributed by atoms with E-state index < -0.39 is 11.2 Å². The lowest BCUT2D eigenvalue weighted by Gasteiger charge is -2.10. The van der Waals surface area contributed by atoms with Crippen LogP contribution in [0.4, 0.5) is 0 Å². The van der Waals surface area contributed by atoms with Gasteiger partial charge in [0.1, 0.15) is 0 Å². The molecule has 7 nitrogen and oxygen atoms in total. The standard InChI is InChI=1S/C19H22N4O3/c1-5-12(2)13-6-8-14(9-7-13)15(24)10-23-11-20-17-16(23)18(25)22(4)19(26)21(17)3/h6-9,11-12H,5,10H2,1-4H3/t12-/m1/s1. The summed E-state index contributed by atoms with van der Waals surface area (Å²) in [6, 6.07) is 7.57. The van der Waals surface area contributed by atoms with Gasteiger partial charge in [-0.25, -0.2) is 9.78 Å². The molecule has 0 amide bonds. The number of hydrogen-bond acceptors (Lipinski definition) is 4. The molecule has 0 N–H and O–H groups in total. The van der Waals surface area contributed by atoms with Crippen molar-refractivity contribution < 1.29 is 4.79 Å². The van der Waals surface area contributed by atoms with E-state index in [0.717, 1.165) is 11.0 Å². The van der Waals surface area contributed by atoms with E-state index in [1.54, 1.807) is 7.05 Å². The smallest absolute Gasteiger partial charge is 0.317 e. The maximum atomic E-state index is 12.6. The molecular formula is C19H22N4O3. The highest BCUT2D eigenvalue weighted by atomic mass is 16.2. The number of carbonyl (C=O) groups excluding carboxylic acids is 1. The highest BCUT2D eigenvalue weighted by Gasteiger charge is 2.16. The van der Waals surface area contributed by atoms with Gasteiger partial charge in [0.2, 0.25) is 0 Å². The molecule has 3 rings (SSSR count). The first-order valence-electron chi connectivity index (χ1n) is 8.59. The second kappa shape index (κ2) is 6.74. The van der Waals surface area contributed by atoms with E-state index in [-0.39, 0.29) is 23.5 Å². The molecule has 1 atom stereocenters. The van der Waals surface area contributed by atoms with E-state index >= 15 is 0 Å². The van der Waals surface area contributed by atoms with E-state index in [1.165, 1.54) is 28.1 Å². The third kappa shape index (κ3) is 2.89. The molecule has 136 valence electrons. The van der Waals surface area contributed by atoms with Gasteiger partial charge in [-0.2, -0.15) is 0 Å². The molecule has 2 aromatic heterocycles. The minimum Gasteiger partial charge on any atom is -0.317 e. The first kappa shape index (κ1) is 17.8. The molecule has 0 aliphatic carbocycles. The summed E-state index contributed by atoms with van der Waals surface area (Å²) in [5.41, 5.74) is 1.40. The number of fused-ring (bicyclic) bond motifs is 1. The molecule has 0 fully saturated rings. The average Bonchev–Trinajstić information content (AvgIpc) is 3.07. The summed E-state index contributed by atoms with van der Waals surface area (Å²) in [7, 11) is 2.97. The lowest BCUT2D eigenvalue weighted by atomic mass is 9.97. The van der Waals surface area contributed by atoms with E-state index in [0.29, 0.717) is 11.5 Å². The molecule has 0 radical (unpaired) electrons. The first-order valence-corrected chi connectivity index (χ1v) is 8.59. The summed E-state index contributed by atoms with van der Waals surface area (Å²) in [5.74, 6) is 0.331. The number of aromatic nitrogens is 4. The SMILES string of the molecule is CC[C@@H](C)c1ccc(C(=O)Cn2cnc3c2c(=O)n(C)c(=O)n3C)cc1. The third-order valence-corrected chi connectivity index (χ3v) is 4.95. The Morgan fingerprint density at radius 1 is 1.12 bits per heavy atom. The summed E-state index contributed by atoms with van der Waals surface area (Å²) in [4.78, 5) is 41.2. The molecule has 1 aromatic carbocycles. The minimum absolute atomic E-state index is 0.00732. The number of imidazole rings is 1. The highest BCUT2D eigenvalue weighted by molar-refractivity contribution is 5.96. The van der Waals surface area contributed by atoms with Gasteiger partial charge in [0.25, 0.3) is 5.56 Å². The largest absolute Gasteiger partial charge is 0.332 e. The summed E-state index contributed by atoms with van der Waals surface area (Å²) < 4.78 is 3.83. The fraction of sp³-hybridized carbons (Fsp3) is 0.368. The Hall–Kier alpha value is -2.96. The second-order valence-corrected chi connectivity index (χ2v) is 6.60. The van der Waals surface area contributed by atoms with Crippen LogP contribution in [0.5, 0.6) is 0 Å². The van der Waals surface area contributed by atoms with Crippen LogP contribution >= 0.6 is 0 Å². The Labute approximate surface area is 150 Å². The van der Waals surface area contributed by atoms with E-state index in [1.807, 2.05) is 24.3 Å². The van der Waals surface area contributed by atoms with Crippen LogP contribution < -0.4 is 11.2 Å². The Balaban J connectivity index is 1.96. The third-order valence-electron chi connectivity index (χ3n) is 4.95. The van der Waals surface area contributed by atoms with Gasteiger partial charge in [-0.1, -0.05) is 38.1 Å². The van der Waals surface area contributed by atoms with Gasteiger partial charge in [0.15, 0.2) is 16.9 Å². The molecule has 0 saturated carbocycles. The molecule has 0 aliphatic rings. The van der Waals surface area contributed by atoms with Crippen molar-refractivity contribution in [3.05, 3.63) is 62.6 Å². The number of carbonyl (C=O) groups is 1. The topological polar surface area (TPSA) is 78.9 Å². The van der Waals surface area contributed by atoms with Crippen LogP contribution in [0.2, 0.25) is 0 Å². The average molecular weight is 354 g/mol. The van der Waals surface area contributed by atoms with Gasteiger partial charge in [-0.3, -0.25) is 18.7 Å². The van der Waals surface area contributed by atoms with Crippen LogP contribution in [0, 0.1) is 0 Å². The van der Waals surface area contributed by atoms with Crippen molar-refractivity contribution in [1.29, 1.82) is 0 Å².